The van der Waals surface area contributed by atoms with Crippen LogP contribution < -0.4 is 14.8 Å². The molecule has 1 N–H and O–H groups in total. The van der Waals surface area contributed by atoms with Crippen molar-refractivity contribution in [3.63, 3.8) is 0 Å². The van der Waals surface area contributed by atoms with Gasteiger partial charge in [-0.2, -0.15) is 0 Å². The van der Waals surface area contributed by atoms with Crippen LogP contribution in [0, 0.1) is 5.41 Å². The molecule has 0 bridgehead atoms. The number of methoxy groups -OCH3 is 2. The fraction of sp³-hybridized carbons (Fsp3) is 0.600. The van der Waals surface area contributed by atoms with E-state index < -0.39 is 5.41 Å². The molecule has 1 aromatic carbocycles. The zero-order valence-corrected chi connectivity index (χ0v) is 16.3. The molecule has 6 heteroatoms. The van der Waals surface area contributed by atoms with Crippen molar-refractivity contribution in [2.24, 2.45) is 5.41 Å². The molecule has 0 radical (unpaired) electrons. The van der Waals surface area contributed by atoms with Gasteiger partial charge >= 0.3 is 0 Å². The Kier molecular flexibility index (Phi) is 6.89. The number of amides is 2. The summed E-state index contributed by atoms with van der Waals surface area (Å²) in [6, 6.07) is 5.50. The molecule has 1 saturated heterocycles. The fourth-order valence-electron chi connectivity index (χ4n) is 3.37. The summed E-state index contributed by atoms with van der Waals surface area (Å²) in [6.07, 6.45) is 2.84. The molecule has 1 fully saturated rings. The number of hydrogen-bond acceptors (Lipinski definition) is 4. The van der Waals surface area contributed by atoms with Crippen molar-refractivity contribution in [3.8, 4) is 11.5 Å². The number of rotatable bonds is 7. The van der Waals surface area contributed by atoms with Crippen molar-refractivity contribution in [2.45, 2.75) is 39.5 Å². The number of likely N-dealkylation sites (tertiary alicyclic amines) is 1. The van der Waals surface area contributed by atoms with Crippen LogP contribution in [-0.4, -0.2) is 50.6 Å². The molecule has 1 atom stereocenters. The van der Waals surface area contributed by atoms with Crippen molar-refractivity contribution in [1.82, 2.24) is 10.2 Å². The fourth-order valence-corrected chi connectivity index (χ4v) is 3.37. The van der Waals surface area contributed by atoms with Crippen molar-refractivity contribution >= 4 is 11.8 Å². The first-order valence-corrected chi connectivity index (χ1v) is 9.20. The monoisotopic (exact) mass is 362 g/mol. The largest absolute Gasteiger partial charge is 0.493 e. The Morgan fingerprint density at radius 3 is 2.62 bits per heavy atom. The highest BCUT2D eigenvalue weighted by molar-refractivity contribution is 5.84. The van der Waals surface area contributed by atoms with Gasteiger partial charge in [0, 0.05) is 19.6 Å². The van der Waals surface area contributed by atoms with Gasteiger partial charge in [0.05, 0.1) is 26.1 Å². The molecule has 1 aliphatic rings. The van der Waals surface area contributed by atoms with Crippen molar-refractivity contribution in [3.05, 3.63) is 23.8 Å². The van der Waals surface area contributed by atoms with E-state index in [1.165, 1.54) is 0 Å². The minimum atomic E-state index is -0.513. The normalized spacial score (nSPS) is 19.8. The molecule has 2 rings (SSSR count). The Balaban J connectivity index is 2.04. The maximum atomic E-state index is 12.8. The Hall–Kier alpha value is -2.24. The molecule has 0 aliphatic carbocycles. The smallest absolute Gasteiger partial charge is 0.227 e. The van der Waals surface area contributed by atoms with Crippen LogP contribution >= 0.6 is 0 Å². The summed E-state index contributed by atoms with van der Waals surface area (Å²) in [4.78, 5) is 27.1. The first-order chi connectivity index (χ1) is 12.4. The summed E-state index contributed by atoms with van der Waals surface area (Å²) in [6.45, 7) is 5.82. The predicted molar refractivity (Wildman–Crippen MR) is 100 cm³/mol. The lowest BCUT2D eigenvalue weighted by Gasteiger charge is -2.39. The second-order valence-electron chi connectivity index (χ2n) is 7.10. The van der Waals surface area contributed by atoms with E-state index in [0.29, 0.717) is 31.1 Å². The molecule has 144 valence electrons. The standard InChI is InChI=1S/C20H30N2O4/c1-5-10-21-19(24)20(2)9-6-11-22(14-20)18(23)13-15-7-8-16(25-3)17(12-15)26-4/h7-8,12H,5-6,9-11,13-14H2,1-4H3,(H,21,24). The minimum absolute atomic E-state index is 0.0337. The van der Waals surface area contributed by atoms with Crippen LogP contribution in [0.1, 0.15) is 38.7 Å². The number of ether oxygens (including phenoxy) is 2. The molecule has 0 aromatic heterocycles. The quantitative estimate of drug-likeness (QED) is 0.809. The van der Waals surface area contributed by atoms with Crippen LogP contribution in [-0.2, 0) is 16.0 Å². The second kappa shape index (κ2) is 8.92. The highest BCUT2D eigenvalue weighted by Crippen LogP contribution is 2.31. The molecular weight excluding hydrogens is 332 g/mol. The van der Waals surface area contributed by atoms with Gasteiger partial charge in [-0.05, 0) is 43.9 Å². The second-order valence-corrected chi connectivity index (χ2v) is 7.10. The SMILES string of the molecule is CCCNC(=O)C1(C)CCCN(C(=O)Cc2ccc(OC)c(OC)c2)C1. The first kappa shape index (κ1) is 20.1. The number of hydrogen-bond donors (Lipinski definition) is 1. The van der Waals surface area contributed by atoms with E-state index in [4.69, 9.17) is 9.47 Å². The van der Waals surface area contributed by atoms with Crippen molar-refractivity contribution < 1.29 is 19.1 Å². The molecule has 1 aliphatic heterocycles. The summed E-state index contributed by atoms with van der Waals surface area (Å²) >= 11 is 0. The number of nitrogens with one attached hydrogen (secondary N) is 1. The first-order valence-electron chi connectivity index (χ1n) is 9.20. The van der Waals surface area contributed by atoms with E-state index in [9.17, 15) is 9.59 Å². The average Bonchev–Trinajstić information content (AvgIpc) is 2.65. The molecule has 26 heavy (non-hydrogen) atoms. The molecule has 0 spiro atoms. The van der Waals surface area contributed by atoms with E-state index in [2.05, 4.69) is 5.32 Å². The van der Waals surface area contributed by atoms with Crippen LogP contribution in [0.25, 0.3) is 0 Å². The van der Waals surface area contributed by atoms with Crippen molar-refractivity contribution in [2.75, 3.05) is 33.9 Å². The van der Waals surface area contributed by atoms with Crippen LogP contribution in [0.4, 0.5) is 0 Å². The number of piperidine rings is 1. The Morgan fingerprint density at radius 1 is 1.23 bits per heavy atom. The third-order valence-corrected chi connectivity index (χ3v) is 4.94. The highest BCUT2D eigenvalue weighted by Gasteiger charge is 2.39. The van der Waals surface area contributed by atoms with Gasteiger partial charge in [0.15, 0.2) is 11.5 Å². The molecule has 0 saturated carbocycles. The van der Waals surface area contributed by atoms with Gasteiger partial charge in [-0.15, -0.1) is 0 Å². The van der Waals surface area contributed by atoms with E-state index in [0.717, 1.165) is 24.8 Å². The van der Waals surface area contributed by atoms with Gasteiger partial charge < -0.3 is 19.7 Å². The zero-order chi connectivity index (χ0) is 19.2. The van der Waals surface area contributed by atoms with E-state index >= 15 is 0 Å². The molecular formula is C20H30N2O4. The van der Waals surface area contributed by atoms with Crippen molar-refractivity contribution in [1.29, 1.82) is 0 Å². The lowest BCUT2D eigenvalue weighted by molar-refractivity contribution is -0.140. The lowest BCUT2D eigenvalue weighted by Crippen LogP contribution is -2.52. The number of carbonyl (C=O) groups is 2. The summed E-state index contributed by atoms with van der Waals surface area (Å²) < 4.78 is 10.5. The van der Waals surface area contributed by atoms with Gasteiger partial charge in [0.25, 0.3) is 0 Å². The van der Waals surface area contributed by atoms with Crippen LogP contribution in [0.3, 0.4) is 0 Å². The van der Waals surface area contributed by atoms with Crippen LogP contribution in [0.15, 0.2) is 18.2 Å². The van der Waals surface area contributed by atoms with E-state index in [1.807, 2.05) is 30.9 Å². The Bertz CT molecular complexity index is 647. The maximum Gasteiger partial charge on any atom is 0.227 e. The summed E-state index contributed by atoms with van der Waals surface area (Å²) in [5, 5.41) is 2.97. The zero-order valence-electron chi connectivity index (χ0n) is 16.3. The molecule has 1 unspecified atom stereocenters. The third-order valence-electron chi connectivity index (χ3n) is 4.94. The lowest BCUT2D eigenvalue weighted by atomic mass is 9.80. The number of nitrogens with zero attached hydrogens (tertiary/aromatic N) is 1. The molecule has 6 nitrogen and oxygen atoms in total. The van der Waals surface area contributed by atoms with Gasteiger partial charge in [-0.3, -0.25) is 9.59 Å². The van der Waals surface area contributed by atoms with Gasteiger partial charge in [0.1, 0.15) is 0 Å². The Labute approximate surface area is 155 Å². The van der Waals surface area contributed by atoms with Gasteiger partial charge in [-0.1, -0.05) is 13.0 Å². The minimum Gasteiger partial charge on any atom is -0.493 e. The molecule has 1 heterocycles. The average molecular weight is 362 g/mol. The van der Waals surface area contributed by atoms with Gasteiger partial charge in [0.2, 0.25) is 11.8 Å². The number of carbonyl (C=O) groups excluding carboxylic acids is 2. The predicted octanol–water partition coefficient (Wildman–Crippen LogP) is 2.40. The third kappa shape index (κ3) is 4.68. The summed E-state index contributed by atoms with van der Waals surface area (Å²) in [5.74, 6) is 1.33. The van der Waals surface area contributed by atoms with Crippen LogP contribution in [0.5, 0.6) is 11.5 Å². The summed E-state index contributed by atoms with van der Waals surface area (Å²) in [5.41, 5.74) is 0.357. The van der Waals surface area contributed by atoms with Gasteiger partial charge in [-0.25, -0.2) is 0 Å². The highest BCUT2D eigenvalue weighted by atomic mass is 16.5. The number of benzene rings is 1. The maximum absolute atomic E-state index is 12.8. The molecule has 2 amide bonds. The summed E-state index contributed by atoms with van der Waals surface area (Å²) in [7, 11) is 3.16. The van der Waals surface area contributed by atoms with E-state index in [-0.39, 0.29) is 18.2 Å². The van der Waals surface area contributed by atoms with E-state index in [1.54, 1.807) is 20.3 Å². The Morgan fingerprint density at radius 2 is 1.96 bits per heavy atom. The topological polar surface area (TPSA) is 67.9 Å². The van der Waals surface area contributed by atoms with Crippen LogP contribution in [0.2, 0.25) is 0 Å². The molecule has 1 aromatic rings.